The summed E-state index contributed by atoms with van der Waals surface area (Å²) >= 11 is 0. The van der Waals surface area contributed by atoms with Crippen LogP contribution in [0.15, 0.2) is 42.5 Å². The lowest BCUT2D eigenvalue weighted by Crippen LogP contribution is -2.19. The molecular weight excluding hydrogens is 338 g/mol. The van der Waals surface area contributed by atoms with Crippen LogP contribution in [0, 0.1) is 20.8 Å². The summed E-state index contributed by atoms with van der Waals surface area (Å²) in [7, 11) is 1.59. The summed E-state index contributed by atoms with van der Waals surface area (Å²) in [5, 5.41) is 6.61. The van der Waals surface area contributed by atoms with Crippen LogP contribution in [-0.4, -0.2) is 23.8 Å². The number of nitrogens with one attached hydrogen (secondary N) is 2. The minimum absolute atomic E-state index is 0.103. The van der Waals surface area contributed by atoms with Gasteiger partial charge in [-0.25, -0.2) is 0 Å². The summed E-state index contributed by atoms with van der Waals surface area (Å²) in [5.41, 5.74) is 5.96. The highest BCUT2D eigenvalue weighted by molar-refractivity contribution is 5.97. The molecule has 0 aliphatic heterocycles. The second-order valence-electron chi connectivity index (χ2n) is 6.65. The molecule has 0 saturated carbocycles. The van der Waals surface area contributed by atoms with E-state index in [1.165, 1.54) is 0 Å². The minimum atomic E-state index is -0.149. The normalized spacial score (nSPS) is 10.7. The Hall–Kier alpha value is -3.21. The maximum atomic E-state index is 12.6. The molecule has 1 heterocycles. The quantitative estimate of drug-likeness (QED) is 0.744. The molecule has 2 amide bonds. The van der Waals surface area contributed by atoms with Gasteiger partial charge in [-0.05, 0) is 61.7 Å². The van der Waals surface area contributed by atoms with Crippen LogP contribution in [0.25, 0.3) is 10.9 Å². The molecule has 0 aliphatic carbocycles. The first kappa shape index (κ1) is 18.6. The van der Waals surface area contributed by atoms with Crippen molar-refractivity contribution in [3.63, 3.8) is 0 Å². The molecule has 0 unspecified atom stereocenters. The summed E-state index contributed by atoms with van der Waals surface area (Å²) in [6.07, 6.45) is 0.256. The van der Waals surface area contributed by atoms with Crippen LogP contribution in [0.5, 0.6) is 0 Å². The van der Waals surface area contributed by atoms with Crippen LogP contribution in [0.4, 0.5) is 5.69 Å². The minimum Gasteiger partial charge on any atom is -0.355 e. The summed E-state index contributed by atoms with van der Waals surface area (Å²) in [6, 6.07) is 13.2. The molecule has 0 spiro atoms. The summed E-state index contributed by atoms with van der Waals surface area (Å²) in [5.74, 6) is -0.251. The number of hydrogen-bond acceptors (Lipinski definition) is 3. The van der Waals surface area contributed by atoms with E-state index in [1.807, 2.05) is 45.0 Å². The maximum absolute atomic E-state index is 12.6. The second-order valence-corrected chi connectivity index (χ2v) is 6.65. The first-order valence-corrected chi connectivity index (χ1v) is 8.88. The highest BCUT2D eigenvalue weighted by Crippen LogP contribution is 2.24. The number of pyridine rings is 1. The molecule has 1 aromatic heterocycles. The fourth-order valence-electron chi connectivity index (χ4n) is 3.28. The number of nitrogens with zero attached hydrogens (tertiary/aromatic N) is 1. The highest BCUT2D eigenvalue weighted by Gasteiger charge is 2.14. The predicted octanol–water partition coefficient (Wildman–Crippen LogP) is 3.70. The molecule has 3 aromatic rings. The molecular formula is C22H23N3O2. The number of hydrogen-bond donors (Lipinski definition) is 2. The Bertz CT molecular complexity index is 1040. The predicted molar refractivity (Wildman–Crippen MR) is 108 cm³/mol. The van der Waals surface area contributed by atoms with Crippen molar-refractivity contribution in [1.82, 2.24) is 10.3 Å². The fraction of sp³-hybridized carbons (Fsp3) is 0.227. The van der Waals surface area contributed by atoms with Crippen molar-refractivity contribution in [2.75, 3.05) is 12.4 Å². The van der Waals surface area contributed by atoms with Crippen molar-refractivity contribution in [3.8, 4) is 0 Å². The Morgan fingerprint density at radius 1 is 1.04 bits per heavy atom. The zero-order valence-corrected chi connectivity index (χ0v) is 16.0. The average molecular weight is 361 g/mol. The number of carbonyl (C=O) groups is 2. The SMILES string of the molecule is CNC(=O)c1ccc(NC(=O)Cc2c(C)nc3ccccc3c2C)c(C)c1. The van der Waals surface area contributed by atoms with Crippen molar-refractivity contribution in [2.45, 2.75) is 27.2 Å². The Kier molecular flexibility index (Phi) is 5.21. The lowest BCUT2D eigenvalue weighted by Gasteiger charge is -2.14. The lowest BCUT2D eigenvalue weighted by molar-refractivity contribution is -0.115. The van der Waals surface area contributed by atoms with Gasteiger partial charge in [-0.1, -0.05) is 18.2 Å². The van der Waals surface area contributed by atoms with Gasteiger partial charge in [-0.2, -0.15) is 0 Å². The summed E-state index contributed by atoms with van der Waals surface area (Å²) < 4.78 is 0. The molecule has 2 N–H and O–H groups in total. The number of rotatable bonds is 4. The van der Waals surface area contributed by atoms with Gasteiger partial charge in [0.05, 0.1) is 11.9 Å². The molecule has 0 saturated heterocycles. The van der Waals surface area contributed by atoms with Crippen molar-refractivity contribution >= 4 is 28.4 Å². The third kappa shape index (κ3) is 3.82. The van der Waals surface area contributed by atoms with Crippen LogP contribution < -0.4 is 10.6 Å². The molecule has 5 heteroatoms. The van der Waals surface area contributed by atoms with Gasteiger partial charge in [0.1, 0.15) is 0 Å². The summed E-state index contributed by atoms with van der Waals surface area (Å²) in [4.78, 5) is 29.0. The number of carbonyl (C=O) groups excluding carboxylic acids is 2. The topological polar surface area (TPSA) is 71.1 Å². The molecule has 138 valence electrons. The van der Waals surface area contributed by atoms with Gasteiger partial charge in [0, 0.05) is 29.4 Å². The zero-order chi connectivity index (χ0) is 19.6. The standard InChI is InChI=1S/C22H23N3O2/c1-13-11-16(22(27)23-4)9-10-19(13)25-21(26)12-18-14(2)17-7-5-6-8-20(17)24-15(18)3/h5-11H,12H2,1-4H3,(H,23,27)(H,25,26). The van der Waals surface area contributed by atoms with E-state index in [-0.39, 0.29) is 18.2 Å². The van der Waals surface area contributed by atoms with E-state index in [2.05, 4.69) is 15.6 Å². The number of aryl methyl sites for hydroxylation is 3. The van der Waals surface area contributed by atoms with Crippen molar-refractivity contribution in [2.24, 2.45) is 0 Å². The van der Waals surface area contributed by atoms with Crippen LogP contribution >= 0.6 is 0 Å². The number of amides is 2. The first-order valence-electron chi connectivity index (χ1n) is 8.88. The van der Waals surface area contributed by atoms with Gasteiger partial charge >= 0.3 is 0 Å². The molecule has 0 radical (unpaired) electrons. The first-order chi connectivity index (χ1) is 12.9. The van der Waals surface area contributed by atoms with Crippen LogP contribution in [0.2, 0.25) is 0 Å². The van der Waals surface area contributed by atoms with Gasteiger partial charge in [0.15, 0.2) is 0 Å². The molecule has 0 atom stereocenters. The zero-order valence-electron chi connectivity index (χ0n) is 16.0. The van der Waals surface area contributed by atoms with Gasteiger partial charge in [-0.15, -0.1) is 0 Å². The number of benzene rings is 2. The van der Waals surface area contributed by atoms with Crippen molar-refractivity contribution < 1.29 is 9.59 Å². The Balaban J connectivity index is 1.82. The fourth-order valence-corrected chi connectivity index (χ4v) is 3.28. The van der Waals surface area contributed by atoms with E-state index >= 15 is 0 Å². The molecule has 5 nitrogen and oxygen atoms in total. The highest BCUT2D eigenvalue weighted by atomic mass is 16.2. The van der Waals surface area contributed by atoms with E-state index in [9.17, 15) is 9.59 Å². The average Bonchev–Trinajstić information content (AvgIpc) is 2.66. The number of aromatic nitrogens is 1. The van der Waals surface area contributed by atoms with Gasteiger partial charge in [0.2, 0.25) is 5.91 Å². The van der Waals surface area contributed by atoms with Crippen LogP contribution in [0.1, 0.15) is 32.7 Å². The van der Waals surface area contributed by atoms with Gasteiger partial charge in [0.25, 0.3) is 5.91 Å². The Morgan fingerprint density at radius 2 is 1.78 bits per heavy atom. The lowest BCUT2D eigenvalue weighted by atomic mass is 9.99. The molecule has 0 bridgehead atoms. The molecule has 3 rings (SSSR count). The monoisotopic (exact) mass is 361 g/mol. The molecule has 0 aliphatic rings. The Labute approximate surface area is 158 Å². The third-order valence-corrected chi connectivity index (χ3v) is 4.81. The van der Waals surface area contributed by atoms with Crippen LogP contribution in [0.3, 0.4) is 0 Å². The van der Waals surface area contributed by atoms with E-state index in [0.29, 0.717) is 11.3 Å². The number of anilines is 1. The van der Waals surface area contributed by atoms with E-state index < -0.39 is 0 Å². The van der Waals surface area contributed by atoms with Gasteiger partial charge in [-0.3, -0.25) is 14.6 Å². The number of fused-ring (bicyclic) bond motifs is 1. The van der Waals surface area contributed by atoms with E-state index in [0.717, 1.165) is 33.3 Å². The van der Waals surface area contributed by atoms with E-state index in [4.69, 9.17) is 0 Å². The molecule has 2 aromatic carbocycles. The van der Waals surface area contributed by atoms with E-state index in [1.54, 1.807) is 25.2 Å². The maximum Gasteiger partial charge on any atom is 0.251 e. The third-order valence-electron chi connectivity index (χ3n) is 4.81. The van der Waals surface area contributed by atoms with Gasteiger partial charge < -0.3 is 10.6 Å². The smallest absolute Gasteiger partial charge is 0.251 e. The van der Waals surface area contributed by atoms with Crippen molar-refractivity contribution in [1.29, 1.82) is 0 Å². The second kappa shape index (κ2) is 7.58. The molecule has 27 heavy (non-hydrogen) atoms. The number of para-hydroxylation sites is 1. The largest absolute Gasteiger partial charge is 0.355 e. The molecule has 0 fully saturated rings. The summed E-state index contributed by atoms with van der Waals surface area (Å²) in [6.45, 7) is 5.84. The Morgan fingerprint density at radius 3 is 2.48 bits per heavy atom. The van der Waals surface area contributed by atoms with Crippen molar-refractivity contribution in [3.05, 3.63) is 70.4 Å². The van der Waals surface area contributed by atoms with Crippen LogP contribution in [-0.2, 0) is 11.2 Å².